The van der Waals surface area contributed by atoms with Gasteiger partial charge in [0.15, 0.2) is 0 Å². The van der Waals surface area contributed by atoms with Gasteiger partial charge >= 0.3 is 0 Å². The van der Waals surface area contributed by atoms with Crippen LogP contribution in [-0.2, 0) is 10.0 Å². The SMILES string of the molecule is CC(C)(CO)NS(=O)(=O)c1ccc(C#N)nc1. The van der Waals surface area contributed by atoms with Gasteiger partial charge in [-0.1, -0.05) is 0 Å². The molecule has 17 heavy (non-hydrogen) atoms. The van der Waals surface area contributed by atoms with Crippen LogP contribution in [0.25, 0.3) is 0 Å². The average Bonchev–Trinajstić information content (AvgIpc) is 2.28. The third kappa shape index (κ3) is 3.49. The summed E-state index contributed by atoms with van der Waals surface area (Å²) >= 11 is 0. The number of nitrogens with zero attached hydrogens (tertiary/aromatic N) is 2. The third-order valence-electron chi connectivity index (χ3n) is 1.97. The molecule has 2 N–H and O–H groups in total. The Morgan fingerprint density at radius 3 is 2.59 bits per heavy atom. The second kappa shape index (κ2) is 4.79. The van der Waals surface area contributed by atoms with Gasteiger partial charge < -0.3 is 5.11 Å². The summed E-state index contributed by atoms with van der Waals surface area (Å²) in [5.74, 6) is 0. The van der Waals surface area contributed by atoms with Crippen LogP contribution in [0.3, 0.4) is 0 Å². The highest BCUT2D eigenvalue weighted by atomic mass is 32.2. The quantitative estimate of drug-likeness (QED) is 0.788. The van der Waals surface area contributed by atoms with Crippen molar-refractivity contribution >= 4 is 10.0 Å². The average molecular weight is 255 g/mol. The predicted molar refractivity (Wildman–Crippen MR) is 60.4 cm³/mol. The van der Waals surface area contributed by atoms with Gasteiger partial charge in [-0.2, -0.15) is 5.26 Å². The van der Waals surface area contributed by atoms with Crippen molar-refractivity contribution < 1.29 is 13.5 Å². The van der Waals surface area contributed by atoms with Gasteiger partial charge in [0.2, 0.25) is 10.0 Å². The molecule has 0 amide bonds. The first-order valence-electron chi connectivity index (χ1n) is 4.82. The van der Waals surface area contributed by atoms with Crippen LogP contribution >= 0.6 is 0 Å². The summed E-state index contributed by atoms with van der Waals surface area (Å²) < 4.78 is 26.1. The molecule has 0 aliphatic carbocycles. The van der Waals surface area contributed by atoms with E-state index in [1.165, 1.54) is 12.1 Å². The first kappa shape index (κ1) is 13.6. The molecule has 0 atom stereocenters. The van der Waals surface area contributed by atoms with Gasteiger partial charge in [-0.15, -0.1) is 0 Å². The smallest absolute Gasteiger partial charge is 0.242 e. The van der Waals surface area contributed by atoms with E-state index < -0.39 is 15.6 Å². The number of aliphatic hydroxyl groups excluding tert-OH is 1. The summed E-state index contributed by atoms with van der Waals surface area (Å²) in [4.78, 5) is 3.63. The molecular weight excluding hydrogens is 242 g/mol. The monoisotopic (exact) mass is 255 g/mol. The van der Waals surface area contributed by atoms with E-state index in [0.29, 0.717) is 0 Å². The number of sulfonamides is 1. The normalized spacial score (nSPS) is 12.1. The lowest BCUT2D eigenvalue weighted by Gasteiger charge is -2.22. The maximum absolute atomic E-state index is 11.9. The molecule has 6 nitrogen and oxygen atoms in total. The zero-order valence-corrected chi connectivity index (χ0v) is 10.3. The summed E-state index contributed by atoms with van der Waals surface area (Å²) in [6.07, 6.45) is 1.11. The lowest BCUT2D eigenvalue weighted by atomic mass is 10.1. The highest BCUT2D eigenvalue weighted by Crippen LogP contribution is 2.11. The van der Waals surface area contributed by atoms with Crippen LogP contribution in [-0.4, -0.2) is 30.7 Å². The Morgan fingerprint density at radius 2 is 2.18 bits per heavy atom. The largest absolute Gasteiger partial charge is 0.394 e. The zero-order valence-electron chi connectivity index (χ0n) is 9.51. The van der Waals surface area contributed by atoms with E-state index in [-0.39, 0.29) is 17.2 Å². The Bertz CT molecular complexity index is 529. The molecule has 92 valence electrons. The van der Waals surface area contributed by atoms with Crippen LogP contribution in [0, 0.1) is 11.3 Å². The van der Waals surface area contributed by atoms with E-state index in [4.69, 9.17) is 10.4 Å². The summed E-state index contributed by atoms with van der Waals surface area (Å²) in [6.45, 7) is 2.79. The fourth-order valence-electron chi connectivity index (χ4n) is 1.06. The van der Waals surface area contributed by atoms with Crippen molar-refractivity contribution in [2.45, 2.75) is 24.3 Å². The van der Waals surface area contributed by atoms with Gasteiger partial charge in [0, 0.05) is 6.20 Å². The van der Waals surface area contributed by atoms with Crippen molar-refractivity contribution in [2.75, 3.05) is 6.61 Å². The Morgan fingerprint density at radius 1 is 1.53 bits per heavy atom. The molecule has 0 fully saturated rings. The number of hydrogen-bond donors (Lipinski definition) is 2. The molecule has 0 spiro atoms. The standard InChI is InChI=1S/C10H13N3O3S/c1-10(2,7-14)13-17(15,16)9-4-3-8(5-11)12-6-9/h3-4,6,13-14H,7H2,1-2H3. The van der Waals surface area contributed by atoms with Gasteiger partial charge in [0.05, 0.1) is 12.1 Å². The minimum absolute atomic E-state index is 0.0435. The maximum Gasteiger partial charge on any atom is 0.242 e. The second-order valence-electron chi connectivity index (χ2n) is 4.14. The number of aromatic nitrogens is 1. The third-order valence-corrected chi connectivity index (χ3v) is 3.65. The first-order valence-corrected chi connectivity index (χ1v) is 6.30. The molecule has 1 aromatic heterocycles. The highest BCUT2D eigenvalue weighted by molar-refractivity contribution is 7.89. The number of rotatable bonds is 4. The van der Waals surface area contributed by atoms with Crippen molar-refractivity contribution in [2.24, 2.45) is 0 Å². The second-order valence-corrected chi connectivity index (χ2v) is 5.82. The van der Waals surface area contributed by atoms with Crippen LogP contribution in [0.5, 0.6) is 0 Å². The Labute approximate surface area is 100.0 Å². The van der Waals surface area contributed by atoms with Crippen LogP contribution in [0.1, 0.15) is 19.5 Å². The van der Waals surface area contributed by atoms with Gasteiger partial charge in [-0.25, -0.2) is 18.1 Å². The molecule has 1 heterocycles. The van der Waals surface area contributed by atoms with E-state index in [1.807, 2.05) is 0 Å². The number of nitriles is 1. The molecule has 0 saturated heterocycles. The first-order chi connectivity index (χ1) is 7.80. The lowest BCUT2D eigenvalue weighted by molar-refractivity contribution is 0.208. The van der Waals surface area contributed by atoms with Crippen molar-refractivity contribution in [3.8, 4) is 6.07 Å². The molecule has 0 unspecified atom stereocenters. The highest BCUT2D eigenvalue weighted by Gasteiger charge is 2.25. The van der Waals surface area contributed by atoms with Crippen LogP contribution < -0.4 is 4.72 Å². The molecule has 1 rings (SSSR count). The zero-order chi connectivity index (χ0) is 13.1. The molecule has 0 aliphatic rings. The van der Waals surface area contributed by atoms with Gasteiger partial charge in [0.25, 0.3) is 0 Å². The fraction of sp³-hybridized carbons (Fsp3) is 0.400. The Hall–Kier alpha value is -1.49. The molecule has 0 radical (unpaired) electrons. The topological polar surface area (TPSA) is 103 Å². The van der Waals surface area contributed by atoms with Crippen molar-refractivity contribution in [3.63, 3.8) is 0 Å². The number of hydrogen-bond acceptors (Lipinski definition) is 5. The van der Waals surface area contributed by atoms with Crippen LogP contribution in [0.15, 0.2) is 23.2 Å². The van der Waals surface area contributed by atoms with Gasteiger partial charge in [-0.3, -0.25) is 0 Å². The van der Waals surface area contributed by atoms with Crippen LogP contribution in [0.4, 0.5) is 0 Å². The predicted octanol–water partition coefficient (Wildman–Crippen LogP) is 0.00248. The maximum atomic E-state index is 11.9. The summed E-state index contributed by atoms with van der Waals surface area (Å²) in [6, 6.07) is 4.41. The molecule has 0 bridgehead atoms. The molecule has 0 aliphatic heterocycles. The number of pyridine rings is 1. The minimum Gasteiger partial charge on any atom is -0.394 e. The van der Waals surface area contributed by atoms with E-state index in [2.05, 4.69) is 9.71 Å². The molecule has 0 aromatic carbocycles. The summed E-state index contributed by atoms with van der Waals surface area (Å²) in [5.41, 5.74) is -0.808. The summed E-state index contributed by atoms with van der Waals surface area (Å²) in [7, 11) is -3.74. The minimum atomic E-state index is -3.74. The van der Waals surface area contributed by atoms with Crippen molar-refractivity contribution in [3.05, 3.63) is 24.0 Å². The molecule has 7 heteroatoms. The van der Waals surface area contributed by atoms with E-state index in [9.17, 15) is 8.42 Å². The number of nitrogens with one attached hydrogen (secondary N) is 1. The van der Waals surface area contributed by atoms with Crippen molar-refractivity contribution in [1.29, 1.82) is 5.26 Å². The Kier molecular flexibility index (Phi) is 3.83. The molecule has 1 aromatic rings. The van der Waals surface area contributed by atoms with E-state index in [0.717, 1.165) is 6.20 Å². The van der Waals surface area contributed by atoms with Gasteiger partial charge in [0.1, 0.15) is 16.7 Å². The molecule has 0 saturated carbocycles. The lowest BCUT2D eigenvalue weighted by Crippen LogP contribution is -2.46. The van der Waals surface area contributed by atoms with E-state index >= 15 is 0 Å². The van der Waals surface area contributed by atoms with Crippen molar-refractivity contribution in [1.82, 2.24) is 9.71 Å². The molecular formula is C10H13N3O3S. The van der Waals surface area contributed by atoms with Gasteiger partial charge in [-0.05, 0) is 26.0 Å². The fourth-order valence-corrected chi connectivity index (χ4v) is 2.41. The van der Waals surface area contributed by atoms with E-state index in [1.54, 1.807) is 19.9 Å². The summed E-state index contributed by atoms with van der Waals surface area (Å²) in [5, 5.41) is 17.5. The Balaban J connectivity index is 3.02. The number of aliphatic hydroxyl groups is 1. The van der Waals surface area contributed by atoms with Crippen LogP contribution in [0.2, 0.25) is 0 Å².